The molecule has 3 rings (SSSR count). The molecule has 0 radical (unpaired) electrons. The van der Waals surface area contributed by atoms with Crippen molar-refractivity contribution in [2.24, 2.45) is 5.92 Å². The molecular weight excluding hydrogens is 347 g/mol. The number of hydrogen-bond acceptors (Lipinski definition) is 4. The number of alkyl halides is 3. The third-order valence-corrected chi connectivity index (χ3v) is 4.10. The van der Waals surface area contributed by atoms with E-state index in [1.807, 2.05) is 0 Å². The van der Waals surface area contributed by atoms with E-state index in [1.165, 1.54) is 12.4 Å². The van der Waals surface area contributed by atoms with Gasteiger partial charge in [-0.2, -0.15) is 13.2 Å². The molecule has 1 heterocycles. The predicted molar refractivity (Wildman–Crippen MR) is 89.7 cm³/mol. The third kappa shape index (κ3) is 4.30. The molecule has 2 aromatic rings. The molecule has 138 valence electrons. The Morgan fingerprint density at radius 3 is 2.62 bits per heavy atom. The first kappa shape index (κ1) is 18.2. The minimum atomic E-state index is -4.42. The van der Waals surface area contributed by atoms with Crippen LogP contribution in [0.3, 0.4) is 0 Å². The molecule has 1 amide bonds. The van der Waals surface area contributed by atoms with Crippen LogP contribution in [0.4, 0.5) is 19.0 Å². The summed E-state index contributed by atoms with van der Waals surface area (Å²) < 4.78 is 42.9. The Kier molecular flexibility index (Phi) is 4.84. The molecule has 5 nitrogen and oxygen atoms in total. The quantitative estimate of drug-likeness (QED) is 0.865. The highest BCUT2D eigenvalue weighted by atomic mass is 19.4. The number of aromatic nitrogens is 2. The monoisotopic (exact) mass is 365 g/mol. The van der Waals surface area contributed by atoms with E-state index in [-0.39, 0.29) is 17.6 Å². The topological polar surface area (TPSA) is 64.1 Å². The van der Waals surface area contributed by atoms with E-state index in [2.05, 4.69) is 15.3 Å². The van der Waals surface area contributed by atoms with Gasteiger partial charge >= 0.3 is 6.18 Å². The molecule has 1 aliphatic carbocycles. The SMILES string of the molecule is Cc1cc(-c2cc(NC(=O)C3CC3)ncn2)ccc1OC(C)C(F)(F)F. The Labute approximate surface area is 148 Å². The Hall–Kier alpha value is -2.64. The zero-order chi connectivity index (χ0) is 18.9. The number of benzene rings is 1. The van der Waals surface area contributed by atoms with Gasteiger partial charge in [0.25, 0.3) is 0 Å². The van der Waals surface area contributed by atoms with Crippen LogP contribution < -0.4 is 10.1 Å². The Balaban J connectivity index is 1.77. The van der Waals surface area contributed by atoms with Gasteiger partial charge in [0.05, 0.1) is 5.69 Å². The van der Waals surface area contributed by atoms with E-state index < -0.39 is 12.3 Å². The van der Waals surface area contributed by atoms with Gasteiger partial charge in [-0.1, -0.05) is 0 Å². The van der Waals surface area contributed by atoms with E-state index in [0.717, 1.165) is 19.8 Å². The summed E-state index contributed by atoms with van der Waals surface area (Å²) in [4.78, 5) is 20.0. The average Bonchev–Trinajstić information content (AvgIpc) is 3.41. The Morgan fingerprint density at radius 1 is 1.27 bits per heavy atom. The second-order valence-corrected chi connectivity index (χ2v) is 6.33. The summed E-state index contributed by atoms with van der Waals surface area (Å²) in [5.74, 6) is 0.559. The summed E-state index contributed by atoms with van der Waals surface area (Å²) in [5, 5.41) is 2.74. The van der Waals surface area contributed by atoms with Crippen LogP contribution in [0.15, 0.2) is 30.6 Å². The molecule has 1 aliphatic rings. The van der Waals surface area contributed by atoms with Crippen molar-refractivity contribution in [1.29, 1.82) is 0 Å². The molecule has 0 spiro atoms. The van der Waals surface area contributed by atoms with Crippen molar-refractivity contribution in [2.75, 3.05) is 5.32 Å². The van der Waals surface area contributed by atoms with E-state index in [1.54, 1.807) is 25.1 Å². The minimum Gasteiger partial charge on any atom is -0.481 e. The van der Waals surface area contributed by atoms with Crippen LogP contribution in [0.25, 0.3) is 11.3 Å². The molecule has 1 saturated carbocycles. The number of nitrogens with zero attached hydrogens (tertiary/aromatic N) is 2. The number of carbonyl (C=O) groups is 1. The van der Waals surface area contributed by atoms with Crippen LogP contribution in [0.2, 0.25) is 0 Å². The molecule has 1 N–H and O–H groups in total. The number of hydrogen-bond donors (Lipinski definition) is 1. The van der Waals surface area contributed by atoms with Gasteiger partial charge in [0.2, 0.25) is 5.91 Å². The summed E-state index contributed by atoms with van der Waals surface area (Å²) >= 11 is 0. The molecule has 26 heavy (non-hydrogen) atoms. The van der Waals surface area contributed by atoms with Crippen LogP contribution >= 0.6 is 0 Å². The second kappa shape index (κ2) is 6.93. The summed E-state index contributed by atoms with van der Waals surface area (Å²) in [7, 11) is 0. The fraction of sp³-hybridized carbons (Fsp3) is 0.389. The number of halogens is 3. The van der Waals surface area contributed by atoms with Gasteiger partial charge in [-0.05, 0) is 50.5 Å². The van der Waals surface area contributed by atoms with Crippen LogP contribution in [-0.4, -0.2) is 28.2 Å². The number of aryl methyl sites for hydroxylation is 1. The largest absolute Gasteiger partial charge is 0.481 e. The van der Waals surface area contributed by atoms with Crippen molar-refractivity contribution < 1.29 is 22.7 Å². The van der Waals surface area contributed by atoms with Crippen LogP contribution in [0.5, 0.6) is 5.75 Å². The fourth-order valence-electron chi connectivity index (χ4n) is 2.36. The normalized spacial score (nSPS) is 15.4. The average molecular weight is 365 g/mol. The van der Waals surface area contributed by atoms with Crippen molar-refractivity contribution >= 4 is 11.7 Å². The van der Waals surface area contributed by atoms with E-state index in [4.69, 9.17) is 4.74 Å². The standard InChI is InChI=1S/C18H18F3N3O2/c1-10-7-13(5-6-15(10)26-11(2)18(19,20)21)14-8-16(23-9-22-14)24-17(25)12-3-4-12/h5-9,11-12H,3-4H2,1-2H3,(H,22,23,24,25). The summed E-state index contributed by atoms with van der Waals surface area (Å²) in [6, 6.07) is 6.43. The molecule has 0 bridgehead atoms. The van der Waals surface area contributed by atoms with Crippen molar-refractivity contribution in [3.8, 4) is 17.0 Å². The lowest BCUT2D eigenvalue weighted by Gasteiger charge is -2.19. The van der Waals surface area contributed by atoms with Gasteiger partial charge in [0, 0.05) is 17.5 Å². The first-order valence-electron chi connectivity index (χ1n) is 8.21. The van der Waals surface area contributed by atoms with Gasteiger partial charge in [-0.25, -0.2) is 9.97 Å². The lowest BCUT2D eigenvalue weighted by atomic mass is 10.1. The minimum absolute atomic E-state index is 0.0581. The van der Waals surface area contributed by atoms with Crippen molar-refractivity contribution in [3.63, 3.8) is 0 Å². The van der Waals surface area contributed by atoms with E-state index >= 15 is 0 Å². The maximum absolute atomic E-state index is 12.6. The molecule has 0 saturated heterocycles. The summed E-state index contributed by atoms with van der Waals surface area (Å²) in [6.07, 6.45) is -3.20. The number of carbonyl (C=O) groups excluding carboxylic acids is 1. The highest BCUT2D eigenvalue weighted by molar-refractivity contribution is 5.93. The lowest BCUT2D eigenvalue weighted by Crippen LogP contribution is -2.31. The third-order valence-electron chi connectivity index (χ3n) is 4.10. The maximum atomic E-state index is 12.6. The lowest BCUT2D eigenvalue weighted by molar-refractivity contribution is -0.189. The molecule has 8 heteroatoms. The van der Waals surface area contributed by atoms with Crippen LogP contribution in [0, 0.1) is 12.8 Å². The zero-order valence-corrected chi connectivity index (χ0v) is 14.3. The van der Waals surface area contributed by atoms with Crippen LogP contribution in [-0.2, 0) is 4.79 Å². The predicted octanol–water partition coefficient (Wildman–Crippen LogP) is 4.13. The summed E-state index contributed by atoms with van der Waals surface area (Å²) in [5.41, 5.74) is 1.81. The molecule has 1 unspecified atom stereocenters. The molecule has 0 aliphatic heterocycles. The van der Waals surface area contributed by atoms with Crippen molar-refractivity contribution in [3.05, 3.63) is 36.2 Å². The summed E-state index contributed by atoms with van der Waals surface area (Å²) in [6.45, 7) is 2.63. The Morgan fingerprint density at radius 2 is 2.00 bits per heavy atom. The number of amides is 1. The van der Waals surface area contributed by atoms with Gasteiger partial charge in [-0.15, -0.1) is 0 Å². The Bertz CT molecular complexity index is 820. The first-order valence-corrected chi connectivity index (χ1v) is 8.21. The smallest absolute Gasteiger partial charge is 0.425 e. The highest BCUT2D eigenvalue weighted by Gasteiger charge is 2.38. The second-order valence-electron chi connectivity index (χ2n) is 6.33. The van der Waals surface area contributed by atoms with Gasteiger partial charge in [0.1, 0.15) is 17.9 Å². The molecule has 1 fully saturated rings. The van der Waals surface area contributed by atoms with Crippen molar-refractivity contribution in [1.82, 2.24) is 9.97 Å². The molecule has 1 aromatic heterocycles. The van der Waals surface area contributed by atoms with Crippen molar-refractivity contribution in [2.45, 2.75) is 39.0 Å². The van der Waals surface area contributed by atoms with Crippen LogP contribution in [0.1, 0.15) is 25.3 Å². The molecule has 1 atom stereocenters. The number of ether oxygens (including phenoxy) is 1. The maximum Gasteiger partial charge on any atom is 0.425 e. The zero-order valence-electron chi connectivity index (χ0n) is 14.3. The fourth-order valence-corrected chi connectivity index (χ4v) is 2.36. The highest BCUT2D eigenvalue weighted by Crippen LogP contribution is 2.31. The van der Waals surface area contributed by atoms with Gasteiger partial charge in [0.15, 0.2) is 6.10 Å². The van der Waals surface area contributed by atoms with E-state index in [0.29, 0.717) is 22.6 Å². The number of rotatable bonds is 5. The first-order chi connectivity index (χ1) is 12.2. The molecular formula is C18H18F3N3O2. The van der Waals surface area contributed by atoms with Gasteiger partial charge < -0.3 is 10.1 Å². The number of anilines is 1. The van der Waals surface area contributed by atoms with E-state index in [9.17, 15) is 18.0 Å². The van der Waals surface area contributed by atoms with Gasteiger partial charge in [-0.3, -0.25) is 4.79 Å². The number of nitrogens with one attached hydrogen (secondary N) is 1. The molecule has 1 aromatic carbocycles.